The van der Waals surface area contributed by atoms with Gasteiger partial charge in [-0.1, -0.05) is 12.2 Å². The lowest BCUT2D eigenvalue weighted by molar-refractivity contribution is 0.229. The van der Waals surface area contributed by atoms with Gasteiger partial charge in [-0.15, -0.1) is 0 Å². The van der Waals surface area contributed by atoms with Crippen molar-refractivity contribution in [2.75, 3.05) is 58.3 Å². The molecule has 1 saturated heterocycles. The normalized spacial score (nSPS) is 16.6. The summed E-state index contributed by atoms with van der Waals surface area (Å²) < 4.78 is 0. The monoisotopic (exact) mass is 294 g/mol. The maximum atomic E-state index is 5.72. The Balaban J connectivity index is 1.95. The van der Waals surface area contributed by atoms with Gasteiger partial charge >= 0.3 is 0 Å². The minimum absolute atomic E-state index is 0.308. The Bertz CT molecular complexity index is 456. The number of anilines is 1. The maximum Gasteiger partial charge on any atom is 0.157 e. The Morgan fingerprint density at radius 2 is 1.90 bits per heavy atom. The van der Waals surface area contributed by atoms with Crippen LogP contribution in [0.25, 0.3) is 0 Å². The molecule has 6 nitrogen and oxygen atoms in total. The van der Waals surface area contributed by atoms with Gasteiger partial charge in [-0.3, -0.25) is 4.90 Å². The van der Waals surface area contributed by atoms with Crippen LogP contribution in [0.3, 0.4) is 0 Å². The predicted octanol–water partition coefficient (Wildman–Crippen LogP) is -0.206. The summed E-state index contributed by atoms with van der Waals surface area (Å²) in [5.41, 5.74) is 6.34. The number of hydrogen-bond donors (Lipinski definition) is 1. The summed E-state index contributed by atoms with van der Waals surface area (Å²) in [7, 11) is 4.20. The quantitative estimate of drug-likeness (QED) is 0.754. The molecular formula is C13H22N6S. The van der Waals surface area contributed by atoms with Crippen LogP contribution >= 0.6 is 12.2 Å². The van der Waals surface area contributed by atoms with Gasteiger partial charge in [0.1, 0.15) is 10.7 Å². The fourth-order valence-corrected chi connectivity index (χ4v) is 2.40. The van der Waals surface area contributed by atoms with E-state index in [1.54, 1.807) is 12.4 Å². The van der Waals surface area contributed by atoms with Crippen molar-refractivity contribution >= 4 is 23.0 Å². The molecule has 0 aliphatic carbocycles. The second-order valence-electron chi connectivity index (χ2n) is 5.22. The zero-order chi connectivity index (χ0) is 14.5. The maximum absolute atomic E-state index is 5.72. The molecule has 1 aromatic heterocycles. The molecular weight excluding hydrogens is 272 g/mol. The van der Waals surface area contributed by atoms with Gasteiger partial charge in [0.05, 0.1) is 0 Å². The zero-order valence-electron chi connectivity index (χ0n) is 12.1. The van der Waals surface area contributed by atoms with Gasteiger partial charge < -0.3 is 15.5 Å². The molecule has 1 aliphatic heterocycles. The van der Waals surface area contributed by atoms with Crippen LogP contribution in [0.1, 0.15) is 5.69 Å². The fourth-order valence-electron chi connectivity index (χ4n) is 2.26. The minimum Gasteiger partial charge on any atom is -0.388 e. The Morgan fingerprint density at radius 1 is 1.25 bits per heavy atom. The van der Waals surface area contributed by atoms with Crippen LogP contribution in [0, 0.1) is 0 Å². The number of thiocarbonyl (C=S) groups is 1. The Hall–Kier alpha value is -1.31. The molecule has 1 fully saturated rings. The number of rotatable bonds is 5. The summed E-state index contributed by atoms with van der Waals surface area (Å²) in [5, 5.41) is 0. The zero-order valence-corrected chi connectivity index (χ0v) is 12.9. The highest BCUT2D eigenvalue weighted by molar-refractivity contribution is 7.80. The van der Waals surface area contributed by atoms with Crippen molar-refractivity contribution in [2.45, 2.75) is 0 Å². The van der Waals surface area contributed by atoms with Crippen LogP contribution in [0.5, 0.6) is 0 Å². The third-order valence-electron chi connectivity index (χ3n) is 3.45. The molecule has 0 radical (unpaired) electrons. The lowest BCUT2D eigenvalue weighted by Crippen LogP contribution is -2.48. The Labute approximate surface area is 125 Å². The van der Waals surface area contributed by atoms with Crippen molar-refractivity contribution in [2.24, 2.45) is 5.73 Å². The topological polar surface area (TPSA) is 61.5 Å². The van der Waals surface area contributed by atoms with Crippen LogP contribution in [0.4, 0.5) is 5.82 Å². The van der Waals surface area contributed by atoms with Gasteiger partial charge in [-0.2, -0.15) is 0 Å². The van der Waals surface area contributed by atoms with Crippen molar-refractivity contribution in [3.63, 3.8) is 0 Å². The van der Waals surface area contributed by atoms with E-state index in [0.29, 0.717) is 10.7 Å². The van der Waals surface area contributed by atoms with E-state index in [-0.39, 0.29) is 0 Å². The van der Waals surface area contributed by atoms with Crippen LogP contribution in [-0.2, 0) is 0 Å². The third kappa shape index (κ3) is 3.84. The lowest BCUT2D eigenvalue weighted by Gasteiger charge is -2.36. The minimum atomic E-state index is 0.308. The molecule has 0 atom stereocenters. The first-order chi connectivity index (χ1) is 9.58. The second kappa shape index (κ2) is 6.92. The van der Waals surface area contributed by atoms with Crippen molar-refractivity contribution in [1.82, 2.24) is 19.8 Å². The van der Waals surface area contributed by atoms with Crippen molar-refractivity contribution in [3.8, 4) is 0 Å². The van der Waals surface area contributed by atoms with E-state index in [2.05, 4.69) is 38.8 Å². The van der Waals surface area contributed by atoms with Crippen LogP contribution < -0.4 is 10.6 Å². The molecule has 20 heavy (non-hydrogen) atoms. The molecule has 0 amide bonds. The van der Waals surface area contributed by atoms with Crippen LogP contribution in [-0.4, -0.2) is 78.1 Å². The Kier molecular flexibility index (Phi) is 5.22. The van der Waals surface area contributed by atoms with E-state index in [9.17, 15) is 0 Å². The number of hydrogen-bond acceptors (Lipinski definition) is 6. The fraction of sp³-hybridized carbons (Fsp3) is 0.615. The summed E-state index contributed by atoms with van der Waals surface area (Å²) in [6.07, 6.45) is 3.32. The van der Waals surface area contributed by atoms with Crippen molar-refractivity contribution < 1.29 is 0 Å². The van der Waals surface area contributed by atoms with Crippen LogP contribution in [0.2, 0.25) is 0 Å². The van der Waals surface area contributed by atoms with Gasteiger partial charge in [0.15, 0.2) is 5.82 Å². The molecule has 7 heteroatoms. The van der Waals surface area contributed by atoms with E-state index in [1.807, 2.05) is 0 Å². The van der Waals surface area contributed by atoms with Gasteiger partial charge in [0, 0.05) is 51.7 Å². The molecule has 2 N–H and O–H groups in total. The van der Waals surface area contributed by atoms with E-state index in [0.717, 1.165) is 45.1 Å². The standard InChI is InChI=1S/C13H22N6S/c1-17(2)5-6-18-7-9-19(10-8-18)13-11(12(14)20)15-3-4-16-13/h3-4H,5-10H2,1-2H3,(H2,14,20). The molecule has 0 unspecified atom stereocenters. The number of nitrogens with two attached hydrogens (primary N) is 1. The molecule has 1 aromatic rings. The molecule has 110 valence electrons. The van der Waals surface area contributed by atoms with E-state index in [4.69, 9.17) is 18.0 Å². The van der Waals surface area contributed by atoms with Gasteiger partial charge in [0.2, 0.25) is 0 Å². The lowest BCUT2D eigenvalue weighted by atomic mass is 10.2. The van der Waals surface area contributed by atoms with Gasteiger partial charge in [0.25, 0.3) is 0 Å². The van der Waals surface area contributed by atoms with E-state index in [1.165, 1.54) is 0 Å². The Morgan fingerprint density at radius 3 is 2.50 bits per heavy atom. The first kappa shape index (κ1) is 15.1. The molecule has 1 aliphatic rings. The van der Waals surface area contributed by atoms with E-state index < -0.39 is 0 Å². The highest BCUT2D eigenvalue weighted by Crippen LogP contribution is 2.16. The average molecular weight is 294 g/mol. The first-order valence-electron chi connectivity index (χ1n) is 6.81. The van der Waals surface area contributed by atoms with Crippen molar-refractivity contribution in [3.05, 3.63) is 18.1 Å². The highest BCUT2D eigenvalue weighted by Gasteiger charge is 2.21. The predicted molar refractivity (Wildman–Crippen MR) is 85.1 cm³/mol. The largest absolute Gasteiger partial charge is 0.388 e. The number of likely N-dealkylation sites (N-methyl/N-ethyl adjacent to an activating group) is 1. The summed E-state index contributed by atoms with van der Waals surface area (Å²) in [6, 6.07) is 0. The summed E-state index contributed by atoms with van der Waals surface area (Å²) in [4.78, 5) is 15.8. The molecule has 0 aromatic carbocycles. The molecule has 2 rings (SSSR count). The summed E-state index contributed by atoms with van der Waals surface area (Å²) >= 11 is 5.05. The van der Waals surface area contributed by atoms with Crippen LogP contribution in [0.15, 0.2) is 12.4 Å². The molecule has 0 bridgehead atoms. The first-order valence-corrected chi connectivity index (χ1v) is 7.21. The summed E-state index contributed by atoms with van der Waals surface area (Å²) in [5.74, 6) is 0.812. The SMILES string of the molecule is CN(C)CCN1CCN(c2nccnc2C(N)=S)CC1. The second-order valence-corrected chi connectivity index (χ2v) is 5.66. The average Bonchev–Trinajstić information content (AvgIpc) is 2.45. The number of aromatic nitrogens is 2. The van der Waals surface area contributed by atoms with Crippen molar-refractivity contribution in [1.29, 1.82) is 0 Å². The molecule has 0 spiro atoms. The van der Waals surface area contributed by atoms with Gasteiger partial charge in [-0.25, -0.2) is 9.97 Å². The molecule has 0 saturated carbocycles. The number of piperazine rings is 1. The molecule has 2 heterocycles. The third-order valence-corrected chi connectivity index (χ3v) is 3.64. The smallest absolute Gasteiger partial charge is 0.157 e. The van der Waals surface area contributed by atoms with E-state index >= 15 is 0 Å². The summed E-state index contributed by atoms with van der Waals surface area (Å²) in [6.45, 7) is 6.11. The number of nitrogens with zero attached hydrogens (tertiary/aromatic N) is 5. The highest BCUT2D eigenvalue weighted by atomic mass is 32.1. The van der Waals surface area contributed by atoms with Gasteiger partial charge in [-0.05, 0) is 14.1 Å².